The first kappa shape index (κ1) is 8.92. The molecule has 1 aliphatic rings. The van der Waals surface area contributed by atoms with Gasteiger partial charge in [0.25, 0.3) is 0 Å². The summed E-state index contributed by atoms with van der Waals surface area (Å²) >= 11 is 0. The van der Waals surface area contributed by atoms with Gasteiger partial charge in [-0.15, -0.1) is 0 Å². The molecule has 3 heteroatoms. The summed E-state index contributed by atoms with van der Waals surface area (Å²) in [4.78, 5) is 4.48. The molecule has 1 aromatic heterocycles. The normalized spacial score (nSPS) is 19.1. The van der Waals surface area contributed by atoms with E-state index in [1.54, 1.807) is 0 Å². The Labute approximate surface area is 88.3 Å². The number of hydrogen-bond donors (Lipinski definition) is 1. The number of nitrogens with zero attached hydrogens (tertiary/aromatic N) is 1. The third-order valence-corrected chi connectivity index (χ3v) is 3.28. The molecule has 2 aromatic rings. The zero-order valence-corrected chi connectivity index (χ0v) is 8.79. The van der Waals surface area contributed by atoms with Crippen LogP contribution in [0.3, 0.4) is 0 Å². The van der Waals surface area contributed by atoms with Crippen molar-refractivity contribution in [1.29, 1.82) is 0 Å². The summed E-state index contributed by atoms with van der Waals surface area (Å²) in [6.45, 7) is 2.03. The van der Waals surface area contributed by atoms with E-state index in [9.17, 15) is 0 Å². The Morgan fingerprint density at radius 3 is 2.80 bits per heavy atom. The molecule has 0 atom stereocenters. The van der Waals surface area contributed by atoms with E-state index in [-0.39, 0.29) is 5.54 Å². The number of rotatable bonds is 1. The zero-order valence-electron chi connectivity index (χ0n) is 8.79. The van der Waals surface area contributed by atoms with Crippen LogP contribution in [-0.2, 0) is 5.54 Å². The number of oxazole rings is 1. The quantitative estimate of drug-likeness (QED) is 0.772. The second-order valence-corrected chi connectivity index (χ2v) is 4.45. The highest BCUT2D eigenvalue weighted by molar-refractivity contribution is 5.76. The van der Waals surface area contributed by atoms with Crippen LogP contribution >= 0.6 is 0 Å². The van der Waals surface area contributed by atoms with Gasteiger partial charge in [-0.05, 0) is 37.8 Å². The van der Waals surface area contributed by atoms with Gasteiger partial charge in [-0.1, -0.05) is 12.1 Å². The predicted octanol–water partition coefficient (Wildman–Crippen LogP) is 2.47. The molecule has 78 valence electrons. The molecule has 1 heterocycles. The summed E-state index contributed by atoms with van der Waals surface area (Å²) in [7, 11) is 0. The summed E-state index contributed by atoms with van der Waals surface area (Å²) in [5, 5.41) is 0. The maximum Gasteiger partial charge on any atom is 0.215 e. The lowest BCUT2D eigenvalue weighted by atomic mass is 9.78. The molecule has 1 saturated carbocycles. The topological polar surface area (TPSA) is 52.0 Å². The van der Waals surface area contributed by atoms with Crippen molar-refractivity contribution in [1.82, 2.24) is 4.98 Å². The summed E-state index contributed by atoms with van der Waals surface area (Å²) in [5.74, 6) is 0.707. The fourth-order valence-corrected chi connectivity index (χ4v) is 2.07. The number of aromatic nitrogens is 1. The van der Waals surface area contributed by atoms with Gasteiger partial charge in [0.15, 0.2) is 5.58 Å². The van der Waals surface area contributed by atoms with Crippen molar-refractivity contribution >= 4 is 11.1 Å². The molecular weight excluding hydrogens is 188 g/mol. The molecule has 1 aromatic carbocycles. The van der Waals surface area contributed by atoms with Gasteiger partial charge in [-0.25, -0.2) is 4.98 Å². The number of benzene rings is 1. The third-order valence-electron chi connectivity index (χ3n) is 3.28. The van der Waals surface area contributed by atoms with Crippen molar-refractivity contribution in [2.24, 2.45) is 5.73 Å². The van der Waals surface area contributed by atoms with Crippen LogP contribution in [0.5, 0.6) is 0 Å². The SMILES string of the molecule is Cc1cccc2nc(C3(N)CCC3)oc12. The minimum absolute atomic E-state index is 0.300. The maximum absolute atomic E-state index is 6.18. The lowest BCUT2D eigenvalue weighted by Gasteiger charge is -2.34. The lowest BCUT2D eigenvalue weighted by Crippen LogP contribution is -2.43. The molecule has 3 rings (SSSR count). The van der Waals surface area contributed by atoms with Crippen LogP contribution in [-0.4, -0.2) is 4.98 Å². The highest BCUT2D eigenvalue weighted by atomic mass is 16.4. The molecule has 2 N–H and O–H groups in total. The Bertz CT molecular complexity index is 511. The van der Waals surface area contributed by atoms with E-state index in [4.69, 9.17) is 10.2 Å². The van der Waals surface area contributed by atoms with Crippen LogP contribution in [0.15, 0.2) is 22.6 Å². The van der Waals surface area contributed by atoms with E-state index in [1.807, 2.05) is 25.1 Å². The fourth-order valence-electron chi connectivity index (χ4n) is 2.07. The number of fused-ring (bicyclic) bond motifs is 1. The summed E-state index contributed by atoms with van der Waals surface area (Å²) in [5.41, 5.74) is 8.80. The highest BCUT2D eigenvalue weighted by Crippen LogP contribution is 2.39. The van der Waals surface area contributed by atoms with Gasteiger partial charge in [0.05, 0.1) is 5.54 Å². The van der Waals surface area contributed by atoms with Crippen molar-refractivity contribution in [3.05, 3.63) is 29.7 Å². The molecule has 0 radical (unpaired) electrons. The Morgan fingerprint density at radius 1 is 1.40 bits per heavy atom. The Morgan fingerprint density at radius 2 is 2.20 bits per heavy atom. The van der Waals surface area contributed by atoms with Crippen molar-refractivity contribution in [3.8, 4) is 0 Å². The molecule has 0 aliphatic heterocycles. The van der Waals surface area contributed by atoms with Crippen LogP contribution in [0.2, 0.25) is 0 Å². The molecule has 1 aliphatic carbocycles. The summed E-state index contributed by atoms with van der Waals surface area (Å²) in [6.07, 6.45) is 3.14. The van der Waals surface area contributed by atoms with Crippen LogP contribution in [0.4, 0.5) is 0 Å². The van der Waals surface area contributed by atoms with Gasteiger partial charge in [-0.3, -0.25) is 0 Å². The van der Waals surface area contributed by atoms with Crippen LogP contribution < -0.4 is 5.73 Å². The van der Waals surface area contributed by atoms with Crippen LogP contribution in [0.25, 0.3) is 11.1 Å². The average molecular weight is 202 g/mol. The van der Waals surface area contributed by atoms with E-state index in [1.165, 1.54) is 6.42 Å². The molecule has 1 fully saturated rings. The van der Waals surface area contributed by atoms with Gasteiger partial charge in [0, 0.05) is 0 Å². The lowest BCUT2D eigenvalue weighted by molar-refractivity contribution is 0.203. The molecule has 15 heavy (non-hydrogen) atoms. The van der Waals surface area contributed by atoms with Gasteiger partial charge in [0.1, 0.15) is 5.52 Å². The van der Waals surface area contributed by atoms with E-state index in [0.29, 0.717) is 5.89 Å². The molecular formula is C12H14N2O. The van der Waals surface area contributed by atoms with Gasteiger partial charge >= 0.3 is 0 Å². The van der Waals surface area contributed by atoms with Crippen molar-refractivity contribution in [3.63, 3.8) is 0 Å². The minimum Gasteiger partial charge on any atom is -0.438 e. The van der Waals surface area contributed by atoms with Crippen molar-refractivity contribution in [2.75, 3.05) is 0 Å². The summed E-state index contributed by atoms with van der Waals surface area (Å²) < 4.78 is 5.77. The van der Waals surface area contributed by atoms with Crippen LogP contribution in [0.1, 0.15) is 30.7 Å². The largest absolute Gasteiger partial charge is 0.438 e. The van der Waals surface area contributed by atoms with Crippen molar-refractivity contribution in [2.45, 2.75) is 31.7 Å². The number of para-hydroxylation sites is 1. The van der Waals surface area contributed by atoms with Gasteiger partial charge in [-0.2, -0.15) is 0 Å². The number of nitrogens with two attached hydrogens (primary N) is 1. The van der Waals surface area contributed by atoms with E-state index in [0.717, 1.165) is 29.5 Å². The second kappa shape index (κ2) is 2.83. The molecule has 3 nitrogen and oxygen atoms in total. The molecule has 0 unspecified atom stereocenters. The molecule has 0 bridgehead atoms. The minimum atomic E-state index is -0.300. The van der Waals surface area contributed by atoms with E-state index >= 15 is 0 Å². The fraction of sp³-hybridized carbons (Fsp3) is 0.417. The van der Waals surface area contributed by atoms with E-state index < -0.39 is 0 Å². The monoisotopic (exact) mass is 202 g/mol. The molecule has 0 amide bonds. The third kappa shape index (κ3) is 1.20. The first-order chi connectivity index (χ1) is 7.19. The zero-order chi connectivity index (χ0) is 10.5. The van der Waals surface area contributed by atoms with Gasteiger partial charge in [0.2, 0.25) is 5.89 Å². The first-order valence-electron chi connectivity index (χ1n) is 5.35. The smallest absolute Gasteiger partial charge is 0.215 e. The molecule has 0 spiro atoms. The number of hydrogen-bond acceptors (Lipinski definition) is 3. The Kier molecular flexibility index (Phi) is 1.68. The van der Waals surface area contributed by atoms with Gasteiger partial charge < -0.3 is 10.2 Å². The summed E-state index contributed by atoms with van der Waals surface area (Å²) in [6, 6.07) is 5.99. The second-order valence-electron chi connectivity index (χ2n) is 4.45. The standard InChI is InChI=1S/C12H14N2O/c1-8-4-2-5-9-10(8)15-11(14-9)12(13)6-3-7-12/h2,4-5H,3,6-7,13H2,1H3. The average Bonchev–Trinajstić information content (AvgIpc) is 2.59. The van der Waals surface area contributed by atoms with Crippen LogP contribution in [0, 0.1) is 6.92 Å². The number of aryl methyl sites for hydroxylation is 1. The maximum atomic E-state index is 6.18. The predicted molar refractivity (Wildman–Crippen MR) is 58.5 cm³/mol. The first-order valence-corrected chi connectivity index (χ1v) is 5.35. The Balaban J connectivity index is 2.18. The van der Waals surface area contributed by atoms with E-state index in [2.05, 4.69) is 4.98 Å². The highest BCUT2D eigenvalue weighted by Gasteiger charge is 2.39. The Hall–Kier alpha value is -1.35. The van der Waals surface area contributed by atoms with Crippen molar-refractivity contribution < 1.29 is 4.42 Å². The molecule has 0 saturated heterocycles.